The third-order valence-corrected chi connectivity index (χ3v) is 2.39. The van der Waals surface area contributed by atoms with Crippen LogP contribution in [0.2, 0.25) is 0 Å². The second kappa shape index (κ2) is 5.02. The first-order valence-corrected chi connectivity index (χ1v) is 4.94. The molecule has 13 heavy (non-hydrogen) atoms. The molecule has 0 radical (unpaired) electrons. The van der Waals surface area contributed by atoms with Crippen LogP contribution >= 0.6 is 15.9 Å². The molecular weight excluding hydrogens is 232 g/mol. The van der Waals surface area contributed by atoms with Crippen LogP contribution in [0.3, 0.4) is 0 Å². The molecule has 0 aromatic heterocycles. The first-order chi connectivity index (χ1) is 6.20. The van der Waals surface area contributed by atoms with Crippen LogP contribution in [-0.2, 0) is 9.53 Å². The summed E-state index contributed by atoms with van der Waals surface area (Å²) in [5.74, 6) is -0.250. The minimum absolute atomic E-state index is 0.0811. The third kappa shape index (κ3) is 3.59. The van der Waals surface area contributed by atoms with Crippen LogP contribution in [0.1, 0.15) is 17.3 Å². The Labute approximate surface area is 86.0 Å². The molecule has 0 unspecified atom stereocenters. The van der Waals surface area contributed by atoms with E-state index >= 15 is 0 Å². The van der Waals surface area contributed by atoms with Gasteiger partial charge >= 0.3 is 5.97 Å². The maximum atomic E-state index is 10.5. The van der Waals surface area contributed by atoms with Crippen LogP contribution in [0, 0.1) is 0 Å². The quantitative estimate of drug-likeness (QED) is 0.602. The SMILES string of the molecule is CC(=O)OC[C@H](Br)c1ccccc1. The van der Waals surface area contributed by atoms with Crippen LogP contribution in [0.5, 0.6) is 0 Å². The Bertz CT molecular complexity index is 272. The second-order valence-electron chi connectivity index (χ2n) is 2.68. The molecule has 0 saturated carbocycles. The van der Waals surface area contributed by atoms with E-state index < -0.39 is 0 Å². The fourth-order valence-corrected chi connectivity index (χ4v) is 1.39. The molecule has 0 aliphatic rings. The number of hydrogen-bond donors (Lipinski definition) is 0. The van der Waals surface area contributed by atoms with E-state index in [9.17, 15) is 4.79 Å². The van der Waals surface area contributed by atoms with Gasteiger partial charge in [0.2, 0.25) is 0 Å². The number of rotatable bonds is 3. The Morgan fingerprint density at radius 1 is 1.46 bits per heavy atom. The van der Waals surface area contributed by atoms with Gasteiger partial charge in [0.05, 0.1) is 4.83 Å². The Morgan fingerprint density at radius 3 is 2.62 bits per heavy atom. The number of carbonyl (C=O) groups excluding carboxylic acids is 1. The van der Waals surface area contributed by atoms with E-state index in [1.807, 2.05) is 30.3 Å². The highest BCUT2D eigenvalue weighted by Crippen LogP contribution is 2.22. The smallest absolute Gasteiger partial charge is 0.302 e. The molecule has 2 nitrogen and oxygen atoms in total. The zero-order valence-corrected chi connectivity index (χ0v) is 8.95. The van der Waals surface area contributed by atoms with Gasteiger partial charge in [0.1, 0.15) is 6.61 Å². The molecule has 1 atom stereocenters. The maximum Gasteiger partial charge on any atom is 0.302 e. The summed E-state index contributed by atoms with van der Waals surface area (Å²) < 4.78 is 4.87. The Balaban J connectivity index is 2.49. The fraction of sp³-hybridized carbons (Fsp3) is 0.300. The van der Waals surface area contributed by atoms with Gasteiger partial charge in [-0.3, -0.25) is 4.79 Å². The van der Waals surface area contributed by atoms with Crippen LogP contribution in [0.15, 0.2) is 30.3 Å². The number of hydrogen-bond acceptors (Lipinski definition) is 2. The molecule has 1 aromatic rings. The zero-order valence-electron chi connectivity index (χ0n) is 7.37. The van der Waals surface area contributed by atoms with Crippen molar-refractivity contribution in [1.29, 1.82) is 0 Å². The fourth-order valence-electron chi connectivity index (χ4n) is 0.949. The summed E-state index contributed by atoms with van der Waals surface area (Å²) in [5.41, 5.74) is 1.11. The first kappa shape index (κ1) is 10.3. The number of carbonyl (C=O) groups is 1. The van der Waals surface area contributed by atoms with Crippen molar-refractivity contribution in [2.24, 2.45) is 0 Å². The van der Waals surface area contributed by atoms with Gasteiger partial charge in [-0.05, 0) is 5.56 Å². The van der Waals surface area contributed by atoms with Gasteiger partial charge in [0, 0.05) is 6.92 Å². The van der Waals surface area contributed by atoms with Crippen LogP contribution in [0.25, 0.3) is 0 Å². The van der Waals surface area contributed by atoms with E-state index in [0.29, 0.717) is 6.61 Å². The zero-order chi connectivity index (χ0) is 9.68. The van der Waals surface area contributed by atoms with E-state index in [2.05, 4.69) is 15.9 Å². The summed E-state index contributed by atoms with van der Waals surface area (Å²) in [6.07, 6.45) is 0. The highest BCUT2D eigenvalue weighted by atomic mass is 79.9. The number of benzene rings is 1. The van der Waals surface area contributed by atoms with Crippen molar-refractivity contribution in [3.05, 3.63) is 35.9 Å². The molecule has 1 aromatic carbocycles. The third-order valence-electron chi connectivity index (χ3n) is 1.59. The Morgan fingerprint density at radius 2 is 2.08 bits per heavy atom. The standard InChI is InChI=1S/C10H11BrO2/c1-8(12)13-7-10(11)9-5-3-2-4-6-9/h2-6,10H,7H2,1H3/t10-/m0/s1. The number of esters is 1. The van der Waals surface area contributed by atoms with E-state index in [-0.39, 0.29) is 10.8 Å². The van der Waals surface area contributed by atoms with Crippen LogP contribution in [0.4, 0.5) is 0 Å². The summed E-state index contributed by atoms with van der Waals surface area (Å²) in [7, 11) is 0. The summed E-state index contributed by atoms with van der Waals surface area (Å²) in [6.45, 7) is 1.78. The molecule has 0 aliphatic carbocycles. The van der Waals surface area contributed by atoms with Crippen molar-refractivity contribution < 1.29 is 9.53 Å². The van der Waals surface area contributed by atoms with Gasteiger partial charge < -0.3 is 4.74 Å². The highest BCUT2D eigenvalue weighted by Gasteiger charge is 2.07. The molecule has 0 bridgehead atoms. The summed E-state index contributed by atoms with van der Waals surface area (Å²) in [6, 6.07) is 9.84. The predicted molar refractivity (Wildman–Crippen MR) is 54.7 cm³/mol. The molecule has 0 saturated heterocycles. The van der Waals surface area contributed by atoms with E-state index in [4.69, 9.17) is 4.74 Å². The maximum absolute atomic E-state index is 10.5. The second-order valence-corrected chi connectivity index (χ2v) is 3.79. The molecule has 0 heterocycles. The normalized spacial score (nSPS) is 12.2. The van der Waals surface area contributed by atoms with Gasteiger partial charge in [-0.15, -0.1) is 0 Å². The number of halogens is 1. The Hall–Kier alpha value is -0.830. The van der Waals surface area contributed by atoms with Gasteiger partial charge in [0.25, 0.3) is 0 Å². The average molecular weight is 243 g/mol. The van der Waals surface area contributed by atoms with Gasteiger partial charge in [0.15, 0.2) is 0 Å². The van der Waals surface area contributed by atoms with Crippen molar-refractivity contribution in [3.63, 3.8) is 0 Å². The van der Waals surface area contributed by atoms with Crippen molar-refractivity contribution in [2.45, 2.75) is 11.8 Å². The molecule has 0 amide bonds. The van der Waals surface area contributed by atoms with E-state index in [0.717, 1.165) is 5.56 Å². The predicted octanol–water partition coefficient (Wildman–Crippen LogP) is 2.69. The summed E-state index contributed by atoms with van der Waals surface area (Å²) in [4.78, 5) is 10.6. The van der Waals surface area contributed by atoms with Crippen molar-refractivity contribution in [2.75, 3.05) is 6.61 Å². The molecule has 1 rings (SSSR count). The minimum atomic E-state index is -0.250. The lowest BCUT2D eigenvalue weighted by Gasteiger charge is -2.09. The van der Waals surface area contributed by atoms with Crippen LogP contribution < -0.4 is 0 Å². The molecule has 0 N–H and O–H groups in total. The average Bonchev–Trinajstić information content (AvgIpc) is 2.15. The summed E-state index contributed by atoms with van der Waals surface area (Å²) >= 11 is 3.44. The lowest BCUT2D eigenvalue weighted by Crippen LogP contribution is -2.05. The largest absolute Gasteiger partial charge is 0.464 e. The molecule has 0 aliphatic heterocycles. The van der Waals surface area contributed by atoms with E-state index in [1.165, 1.54) is 6.92 Å². The molecule has 70 valence electrons. The van der Waals surface area contributed by atoms with Crippen molar-refractivity contribution in [1.82, 2.24) is 0 Å². The molecule has 0 fully saturated rings. The summed E-state index contributed by atoms with van der Waals surface area (Å²) in [5, 5.41) is 0. The van der Waals surface area contributed by atoms with E-state index in [1.54, 1.807) is 0 Å². The monoisotopic (exact) mass is 242 g/mol. The Kier molecular flexibility index (Phi) is 3.96. The molecule has 0 spiro atoms. The first-order valence-electron chi connectivity index (χ1n) is 4.02. The van der Waals surface area contributed by atoms with Gasteiger partial charge in [-0.1, -0.05) is 46.3 Å². The topological polar surface area (TPSA) is 26.3 Å². The number of alkyl halides is 1. The lowest BCUT2D eigenvalue weighted by atomic mass is 10.2. The molecular formula is C10H11BrO2. The number of ether oxygens (including phenoxy) is 1. The van der Waals surface area contributed by atoms with Crippen molar-refractivity contribution >= 4 is 21.9 Å². The minimum Gasteiger partial charge on any atom is -0.464 e. The highest BCUT2D eigenvalue weighted by molar-refractivity contribution is 9.09. The lowest BCUT2D eigenvalue weighted by molar-refractivity contribution is -0.140. The van der Waals surface area contributed by atoms with Gasteiger partial charge in [-0.2, -0.15) is 0 Å². The van der Waals surface area contributed by atoms with Gasteiger partial charge in [-0.25, -0.2) is 0 Å². The van der Waals surface area contributed by atoms with Crippen LogP contribution in [-0.4, -0.2) is 12.6 Å². The van der Waals surface area contributed by atoms with Crippen molar-refractivity contribution in [3.8, 4) is 0 Å². The molecule has 3 heteroatoms.